The summed E-state index contributed by atoms with van der Waals surface area (Å²) in [4.78, 5) is 23.0. The van der Waals surface area contributed by atoms with Crippen molar-refractivity contribution >= 4 is 11.7 Å². The van der Waals surface area contributed by atoms with Crippen molar-refractivity contribution in [3.8, 4) is 0 Å². The summed E-state index contributed by atoms with van der Waals surface area (Å²) in [6.07, 6.45) is 0.964. The maximum atomic E-state index is 12.2. The molecule has 0 bridgehead atoms. The van der Waals surface area contributed by atoms with E-state index in [9.17, 15) is 4.79 Å². The molecule has 1 fully saturated rings. The maximum Gasteiger partial charge on any atom is 0.270 e. The van der Waals surface area contributed by atoms with E-state index in [0.29, 0.717) is 37.2 Å². The van der Waals surface area contributed by atoms with Gasteiger partial charge in [-0.1, -0.05) is 13.8 Å². The molecule has 1 aliphatic rings. The first-order valence-corrected chi connectivity index (χ1v) is 7.53. The van der Waals surface area contributed by atoms with Crippen molar-refractivity contribution in [1.29, 1.82) is 0 Å². The minimum absolute atomic E-state index is 0.129. The van der Waals surface area contributed by atoms with Gasteiger partial charge in [-0.2, -0.15) is 0 Å². The number of carbonyl (C=O) groups excluding carboxylic acids is 1. The molecule has 0 spiro atoms. The summed E-state index contributed by atoms with van der Waals surface area (Å²) in [6, 6.07) is 1.77. The summed E-state index contributed by atoms with van der Waals surface area (Å²) in [5.41, 5.74) is 0.438. The topological polar surface area (TPSA) is 67.4 Å². The monoisotopic (exact) mass is 292 g/mol. The van der Waals surface area contributed by atoms with Gasteiger partial charge in [0, 0.05) is 25.7 Å². The van der Waals surface area contributed by atoms with Gasteiger partial charge in [0.05, 0.1) is 13.2 Å². The normalized spacial score (nSPS) is 15.3. The lowest BCUT2D eigenvalue weighted by molar-refractivity contribution is 0.0946. The van der Waals surface area contributed by atoms with E-state index in [-0.39, 0.29) is 5.91 Å². The Balaban J connectivity index is 2.05. The molecular formula is C15H24N4O2. The number of hydrogen-bond donors (Lipinski definition) is 1. The van der Waals surface area contributed by atoms with E-state index in [4.69, 9.17) is 4.74 Å². The van der Waals surface area contributed by atoms with E-state index < -0.39 is 0 Å². The average Bonchev–Trinajstić information content (AvgIpc) is 2.47. The summed E-state index contributed by atoms with van der Waals surface area (Å²) < 4.78 is 5.34. The molecule has 1 aromatic rings. The van der Waals surface area contributed by atoms with Crippen molar-refractivity contribution in [1.82, 2.24) is 15.3 Å². The zero-order chi connectivity index (χ0) is 15.2. The Morgan fingerprint density at radius 3 is 2.76 bits per heavy atom. The second kappa shape index (κ2) is 7.36. The van der Waals surface area contributed by atoms with Crippen LogP contribution in [0, 0.1) is 12.8 Å². The smallest absolute Gasteiger partial charge is 0.270 e. The van der Waals surface area contributed by atoms with Crippen LogP contribution in [-0.4, -0.2) is 48.7 Å². The SMILES string of the molecule is Cc1nc(C(=O)NCCC(C)C)cc(N2CCOCC2)n1. The number of hydrogen-bond acceptors (Lipinski definition) is 5. The lowest BCUT2D eigenvalue weighted by Crippen LogP contribution is -2.37. The number of aryl methyl sites for hydroxylation is 1. The predicted octanol–water partition coefficient (Wildman–Crippen LogP) is 1.40. The Bertz CT molecular complexity index is 485. The molecule has 1 aliphatic heterocycles. The van der Waals surface area contributed by atoms with Gasteiger partial charge in [-0.15, -0.1) is 0 Å². The molecule has 1 amide bonds. The maximum absolute atomic E-state index is 12.2. The van der Waals surface area contributed by atoms with Crippen molar-refractivity contribution in [3.63, 3.8) is 0 Å². The minimum Gasteiger partial charge on any atom is -0.378 e. The Morgan fingerprint density at radius 2 is 2.10 bits per heavy atom. The molecule has 21 heavy (non-hydrogen) atoms. The standard InChI is InChI=1S/C15H24N4O2/c1-11(2)4-5-16-15(20)13-10-14(18-12(3)17-13)19-6-8-21-9-7-19/h10-11H,4-9H2,1-3H3,(H,16,20). The summed E-state index contributed by atoms with van der Waals surface area (Å²) >= 11 is 0. The first-order valence-electron chi connectivity index (χ1n) is 7.53. The van der Waals surface area contributed by atoms with E-state index in [1.165, 1.54) is 0 Å². The molecule has 1 N–H and O–H groups in total. The summed E-state index contributed by atoms with van der Waals surface area (Å²) in [5, 5.41) is 2.92. The van der Waals surface area contributed by atoms with E-state index in [0.717, 1.165) is 25.3 Å². The van der Waals surface area contributed by atoms with Gasteiger partial charge in [0.25, 0.3) is 5.91 Å². The Hall–Kier alpha value is -1.69. The number of aromatic nitrogens is 2. The third-order valence-corrected chi connectivity index (χ3v) is 3.40. The highest BCUT2D eigenvalue weighted by molar-refractivity contribution is 5.92. The first kappa shape index (κ1) is 15.7. The fourth-order valence-corrected chi connectivity index (χ4v) is 2.19. The third kappa shape index (κ3) is 4.67. The quantitative estimate of drug-likeness (QED) is 0.888. The molecular weight excluding hydrogens is 268 g/mol. The fraction of sp³-hybridized carbons (Fsp3) is 0.667. The lowest BCUT2D eigenvalue weighted by Gasteiger charge is -2.28. The number of morpholine rings is 1. The van der Waals surface area contributed by atoms with Crippen molar-refractivity contribution in [2.24, 2.45) is 5.92 Å². The number of nitrogens with one attached hydrogen (secondary N) is 1. The Morgan fingerprint density at radius 1 is 1.38 bits per heavy atom. The number of nitrogens with zero attached hydrogens (tertiary/aromatic N) is 3. The van der Waals surface area contributed by atoms with Crippen LogP contribution in [0.4, 0.5) is 5.82 Å². The van der Waals surface area contributed by atoms with Crippen LogP contribution < -0.4 is 10.2 Å². The number of anilines is 1. The van der Waals surface area contributed by atoms with Gasteiger partial charge >= 0.3 is 0 Å². The van der Waals surface area contributed by atoms with Crippen molar-refractivity contribution in [2.45, 2.75) is 27.2 Å². The molecule has 0 saturated carbocycles. The van der Waals surface area contributed by atoms with Crippen LogP contribution in [-0.2, 0) is 4.74 Å². The van der Waals surface area contributed by atoms with Crippen LogP contribution in [0.2, 0.25) is 0 Å². The Kier molecular flexibility index (Phi) is 5.50. The second-order valence-corrected chi connectivity index (χ2v) is 5.70. The van der Waals surface area contributed by atoms with E-state index in [1.807, 2.05) is 6.92 Å². The molecule has 2 heterocycles. The molecule has 6 heteroatoms. The molecule has 2 rings (SSSR count). The van der Waals surface area contributed by atoms with Gasteiger partial charge in [-0.3, -0.25) is 4.79 Å². The number of amides is 1. The lowest BCUT2D eigenvalue weighted by atomic mass is 10.1. The van der Waals surface area contributed by atoms with Crippen molar-refractivity contribution < 1.29 is 9.53 Å². The van der Waals surface area contributed by atoms with Crippen LogP contribution in [0.5, 0.6) is 0 Å². The highest BCUT2D eigenvalue weighted by atomic mass is 16.5. The summed E-state index contributed by atoms with van der Waals surface area (Å²) in [6.45, 7) is 9.74. The molecule has 1 saturated heterocycles. The van der Waals surface area contributed by atoms with Crippen LogP contribution in [0.1, 0.15) is 36.6 Å². The van der Waals surface area contributed by atoms with Crippen molar-refractivity contribution in [2.75, 3.05) is 37.7 Å². The summed E-state index contributed by atoms with van der Waals surface area (Å²) in [7, 11) is 0. The third-order valence-electron chi connectivity index (χ3n) is 3.40. The van der Waals surface area contributed by atoms with Crippen LogP contribution >= 0.6 is 0 Å². The van der Waals surface area contributed by atoms with Gasteiger partial charge in [0.15, 0.2) is 0 Å². The zero-order valence-corrected chi connectivity index (χ0v) is 13.1. The highest BCUT2D eigenvalue weighted by Crippen LogP contribution is 2.14. The van der Waals surface area contributed by atoms with Gasteiger partial charge in [-0.05, 0) is 19.3 Å². The molecule has 116 valence electrons. The Labute approximate surface area is 125 Å². The van der Waals surface area contributed by atoms with E-state index in [2.05, 4.69) is 34.0 Å². The number of rotatable bonds is 5. The van der Waals surface area contributed by atoms with Crippen LogP contribution in [0.25, 0.3) is 0 Å². The predicted molar refractivity (Wildman–Crippen MR) is 81.6 cm³/mol. The minimum atomic E-state index is -0.129. The van der Waals surface area contributed by atoms with Gasteiger partial charge in [0.2, 0.25) is 0 Å². The molecule has 0 radical (unpaired) electrons. The van der Waals surface area contributed by atoms with Crippen LogP contribution in [0.15, 0.2) is 6.07 Å². The number of ether oxygens (including phenoxy) is 1. The molecule has 0 unspecified atom stereocenters. The summed E-state index contributed by atoms with van der Waals surface area (Å²) in [5.74, 6) is 1.87. The average molecular weight is 292 g/mol. The molecule has 1 aromatic heterocycles. The largest absolute Gasteiger partial charge is 0.378 e. The fourth-order valence-electron chi connectivity index (χ4n) is 2.19. The molecule has 0 aromatic carbocycles. The van der Waals surface area contributed by atoms with Gasteiger partial charge < -0.3 is 15.0 Å². The van der Waals surface area contributed by atoms with Crippen molar-refractivity contribution in [3.05, 3.63) is 17.6 Å². The van der Waals surface area contributed by atoms with E-state index >= 15 is 0 Å². The zero-order valence-electron chi connectivity index (χ0n) is 13.1. The highest BCUT2D eigenvalue weighted by Gasteiger charge is 2.16. The van der Waals surface area contributed by atoms with E-state index in [1.54, 1.807) is 6.07 Å². The number of carbonyl (C=O) groups is 1. The molecule has 0 aliphatic carbocycles. The van der Waals surface area contributed by atoms with Gasteiger partial charge in [-0.25, -0.2) is 9.97 Å². The first-order chi connectivity index (χ1) is 10.1. The molecule has 0 atom stereocenters. The van der Waals surface area contributed by atoms with Crippen LogP contribution in [0.3, 0.4) is 0 Å². The van der Waals surface area contributed by atoms with Gasteiger partial charge in [0.1, 0.15) is 17.3 Å². The second-order valence-electron chi connectivity index (χ2n) is 5.70. The molecule has 6 nitrogen and oxygen atoms in total.